The molecular weight excluding hydrogens is 202 g/mol. The highest BCUT2D eigenvalue weighted by Crippen LogP contribution is 1.99. The van der Waals surface area contributed by atoms with E-state index in [1.165, 1.54) is 5.56 Å². The van der Waals surface area contributed by atoms with Crippen molar-refractivity contribution in [2.75, 3.05) is 0 Å². The number of aromatic carboxylic acids is 1. The summed E-state index contributed by atoms with van der Waals surface area (Å²) in [5.74, 6) is -0.896. The highest BCUT2D eigenvalue weighted by Gasteiger charge is 2.06. The molecule has 0 saturated heterocycles. The van der Waals surface area contributed by atoms with Gasteiger partial charge in [-0.2, -0.15) is 0 Å². The first-order valence-corrected chi connectivity index (χ1v) is 5.02. The Labute approximate surface area is 93.6 Å². The molecule has 0 saturated carbocycles. The molecule has 1 aromatic carbocycles. The van der Waals surface area contributed by atoms with Gasteiger partial charge in [-0.25, -0.2) is 9.36 Å². The van der Waals surface area contributed by atoms with Gasteiger partial charge in [0, 0.05) is 17.7 Å². The highest BCUT2D eigenvalue weighted by atomic mass is 16.4. The zero-order valence-electron chi connectivity index (χ0n) is 8.71. The summed E-state index contributed by atoms with van der Waals surface area (Å²) in [6.45, 7) is 0.751. The second-order valence-electron chi connectivity index (χ2n) is 3.55. The molecule has 3 heteroatoms. The Morgan fingerprint density at radius 2 is 1.69 bits per heavy atom. The number of carbonyl (C=O) groups is 1. The monoisotopic (exact) mass is 214 g/mol. The van der Waals surface area contributed by atoms with Crippen molar-refractivity contribution < 1.29 is 14.5 Å². The van der Waals surface area contributed by atoms with E-state index in [1.807, 2.05) is 34.9 Å². The van der Waals surface area contributed by atoms with E-state index in [0.29, 0.717) is 5.56 Å². The maximum Gasteiger partial charge on any atom is 0.336 e. The summed E-state index contributed by atoms with van der Waals surface area (Å²) in [5.41, 5.74) is 1.50. The van der Waals surface area contributed by atoms with Crippen molar-refractivity contribution in [1.82, 2.24) is 0 Å². The molecule has 0 aliphatic rings. The largest absolute Gasteiger partial charge is 0.478 e. The molecule has 3 nitrogen and oxygen atoms in total. The van der Waals surface area contributed by atoms with Gasteiger partial charge in [0.25, 0.3) is 0 Å². The Kier molecular flexibility index (Phi) is 2.96. The van der Waals surface area contributed by atoms with Gasteiger partial charge in [0.2, 0.25) is 0 Å². The van der Waals surface area contributed by atoms with Crippen LogP contribution in [0, 0.1) is 0 Å². The fourth-order valence-electron chi connectivity index (χ4n) is 1.50. The van der Waals surface area contributed by atoms with E-state index in [9.17, 15) is 4.79 Å². The predicted octanol–water partition coefficient (Wildman–Crippen LogP) is 1.72. The average molecular weight is 214 g/mol. The van der Waals surface area contributed by atoms with Crippen LogP contribution in [-0.4, -0.2) is 11.1 Å². The molecule has 0 fully saturated rings. The zero-order valence-corrected chi connectivity index (χ0v) is 8.71. The lowest BCUT2D eigenvalue weighted by atomic mass is 10.2. The number of pyridine rings is 1. The molecule has 0 atom stereocenters. The van der Waals surface area contributed by atoms with E-state index in [0.717, 1.165) is 6.54 Å². The Morgan fingerprint density at radius 3 is 2.25 bits per heavy atom. The Hall–Kier alpha value is -2.16. The van der Waals surface area contributed by atoms with Crippen molar-refractivity contribution in [2.45, 2.75) is 6.54 Å². The lowest BCUT2D eigenvalue weighted by Gasteiger charge is -1.97. The van der Waals surface area contributed by atoms with E-state index in [2.05, 4.69) is 0 Å². The molecule has 0 amide bonds. The summed E-state index contributed by atoms with van der Waals surface area (Å²) in [6.07, 6.45) is 3.55. The predicted molar refractivity (Wildman–Crippen MR) is 59.1 cm³/mol. The SMILES string of the molecule is O=C(O)c1cc[n+](Cc2ccccc2)cc1. The summed E-state index contributed by atoms with van der Waals surface area (Å²) in [7, 11) is 0. The van der Waals surface area contributed by atoms with Gasteiger partial charge >= 0.3 is 5.97 Å². The second-order valence-corrected chi connectivity index (χ2v) is 3.55. The van der Waals surface area contributed by atoms with Gasteiger partial charge in [-0.15, -0.1) is 0 Å². The molecule has 1 heterocycles. The lowest BCUT2D eigenvalue weighted by molar-refractivity contribution is -0.688. The van der Waals surface area contributed by atoms with Gasteiger partial charge in [0.05, 0.1) is 5.56 Å². The minimum Gasteiger partial charge on any atom is -0.478 e. The van der Waals surface area contributed by atoms with Gasteiger partial charge in [0.1, 0.15) is 0 Å². The fraction of sp³-hybridized carbons (Fsp3) is 0.0769. The molecule has 0 radical (unpaired) electrons. The van der Waals surface area contributed by atoms with E-state index in [-0.39, 0.29) is 0 Å². The molecule has 0 aliphatic carbocycles. The van der Waals surface area contributed by atoms with Crippen LogP contribution in [-0.2, 0) is 6.54 Å². The Morgan fingerprint density at radius 1 is 1.06 bits per heavy atom. The first kappa shape index (κ1) is 10.4. The molecule has 16 heavy (non-hydrogen) atoms. The molecule has 0 spiro atoms. The van der Waals surface area contributed by atoms with E-state index in [4.69, 9.17) is 5.11 Å². The maximum atomic E-state index is 10.7. The molecule has 2 rings (SSSR count). The Bertz CT molecular complexity index is 477. The summed E-state index contributed by atoms with van der Waals surface area (Å²) in [4.78, 5) is 10.7. The molecule has 1 aromatic heterocycles. The molecule has 0 aliphatic heterocycles. The fourth-order valence-corrected chi connectivity index (χ4v) is 1.50. The number of aromatic nitrogens is 1. The minimum absolute atomic E-state index is 0.310. The first-order valence-electron chi connectivity index (χ1n) is 5.02. The van der Waals surface area contributed by atoms with Crippen molar-refractivity contribution in [3.8, 4) is 0 Å². The average Bonchev–Trinajstić information content (AvgIpc) is 2.31. The standard InChI is InChI=1S/C13H11NO2/c15-13(16)12-6-8-14(9-7-12)10-11-4-2-1-3-5-11/h1-9H,10H2/p+1. The summed E-state index contributed by atoms with van der Waals surface area (Å²) >= 11 is 0. The van der Waals surface area contributed by atoms with Crippen LogP contribution < -0.4 is 4.57 Å². The zero-order chi connectivity index (χ0) is 11.4. The van der Waals surface area contributed by atoms with Crippen LogP contribution in [0.2, 0.25) is 0 Å². The first-order chi connectivity index (χ1) is 7.75. The number of carboxylic acids is 1. The van der Waals surface area contributed by atoms with E-state index >= 15 is 0 Å². The van der Waals surface area contributed by atoms with Gasteiger partial charge in [-0.3, -0.25) is 0 Å². The number of rotatable bonds is 3. The number of hydrogen-bond acceptors (Lipinski definition) is 1. The second kappa shape index (κ2) is 4.57. The number of nitrogens with zero attached hydrogens (tertiary/aromatic N) is 1. The third kappa shape index (κ3) is 2.45. The molecule has 2 aromatic rings. The van der Waals surface area contributed by atoms with Crippen molar-refractivity contribution >= 4 is 5.97 Å². The van der Waals surface area contributed by atoms with Crippen molar-refractivity contribution in [3.05, 3.63) is 66.0 Å². The van der Waals surface area contributed by atoms with Crippen molar-refractivity contribution in [3.63, 3.8) is 0 Å². The van der Waals surface area contributed by atoms with Gasteiger partial charge < -0.3 is 5.11 Å². The molecule has 1 N–H and O–H groups in total. The van der Waals surface area contributed by atoms with Crippen molar-refractivity contribution in [2.24, 2.45) is 0 Å². The minimum atomic E-state index is -0.896. The van der Waals surface area contributed by atoms with Crippen LogP contribution >= 0.6 is 0 Å². The molecule has 0 bridgehead atoms. The van der Waals surface area contributed by atoms with Crippen LogP contribution in [0.1, 0.15) is 15.9 Å². The number of carboxylic acid groups (broad SMARTS) is 1. The van der Waals surface area contributed by atoms with Crippen LogP contribution in [0.3, 0.4) is 0 Å². The third-order valence-electron chi connectivity index (χ3n) is 2.35. The molecule has 80 valence electrons. The van der Waals surface area contributed by atoms with Crippen LogP contribution in [0.15, 0.2) is 54.9 Å². The molecule has 0 unspecified atom stereocenters. The van der Waals surface area contributed by atoms with Crippen LogP contribution in [0.4, 0.5) is 0 Å². The van der Waals surface area contributed by atoms with Gasteiger partial charge in [0.15, 0.2) is 18.9 Å². The van der Waals surface area contributed by atoms with Gasteiger partial charge in [-0.05, 0) is 0 Å². The van der Waals surface area contributed by atoms with Crippen molar-refractivity contribution in [1.29, 1.82) is 0 Å². The summed E-state index contributed by atoms with van der Waals surface area (Å²) < 4.78 is 1.95. The summed E-state index contributed by atoms with van der Waals surface area (Å²) in [5, 5.41) is 8.76. The smallest absolute Gasteiger partial charge is 0.336 e. The highest BCUT2D eigenvalue weighted by molar-refractivity contribution is 5.87. The Balaban J connectivity index is 2.14. The molecular formula is C13H12NO2+. The lowest BCUT2D eigenvalue weighted by Crippen LogP contribution is -2.33. The van der Waals surface area contributed by atoms with Crippen LogP contribution in [0.5, 0.6) is 0 Å². The third-order valence-corrected chi connectivity index (χ3v) is 2.35. The van der Waals surface area contributed by atoms with Crippen LogP contribution in [0.25, 0.3) is 0 Å². The quantitative estimate of drug-likeness (QED) is 0.790. The van der Waals surface area contributed by atoms with E-state index in [1.54, 1.807) is 24.5 Å². The summed E-state index contributed by atoms with van der Waals surface area (Å²) in [6, 6.07) is 13.2. The normalized spacial score (nSPS) is 10.0. The maximum absolute atomic E-state index is 10.7. The number of benzene rings is 1. The number of hydrogen-bond donors (Lipinski definition) is 1. The van der Waals surface area contributed by atoms with E-state index < -0.39 is 5.97 Å². The topological polar surface area (TPSA) is 41.2 Å². The van der Waals surface area contributed by atoms with Gasteiger partial charge in [-0.1, -0.05) is 30.3 Å².